The molecule has 5 nitrogen and oxygen atoms in total. The second kappa shape index (κ2) is 5.73. The number of nitrogens with zero attached hydrogens (tertiary/aromatic N) is 3. The van der Waals surface area contributed by atoms with Crippen LogP contribution in [0.2, 0.25) is 0 Å². The Morgan fingerprint density at radius 3 is 2.83 bits per heavy atom. The minimum Gasteiger partial charge on any atom is -0.480 e. The molecule has 4 atom stereocenters. The second-order valence-electron chi connectivity index (χ2n) is 7.86. The van der Waals surface area contributed by atoms with Crippen molar-refractivity contribution in [1.82, 2.24) is 14.8 Å². The van der Waals surface area contributed by atoms with E-state index in [9.17, 15) is 4.79 Å². The number of amides is 1. The van der Waals surface area contributed by atoms with Gasteiger partial charge in [-0.1, -0.05) is 19.8 Å². The molecule has 2 saturated heterocycles. The molecule has 0 radical (unpaired) electrons. The standard InChI is InChI=1S/C19H27N3O2/c1-19-11-13-12-22(16(19)9-5-4-8-15(19)21(13)2)18(23)14-7-6-10-20-17(14)24-3/h6-7,10,13,15-16H,4-5,8-9,11-12H2,1-3H3/t13-,15-,16+,19-/m0/s1. The van der Waals surface area contributed by atoms with Crippen LogP contribution in [-0.4, -0.2) is 59.5 Å². The van der Waals surface area contributed by atoms with Crippen molar-refractivity contribution in [3.05, 3.63) is 23.9 Å². The summed E-state index contributed by atoms with van der Waals surface area (Å²) in [5, 5.41) is 0. The molecule has 3 aliphatic rings. The van der Waals surface area contributed by atoms with Crippen LogP contribution in [-0.2, 0) is 0 Å². The van der Waals surface area contributed by atoms with E-state index in [1.54, 1.807) is 13.3 Å². The molecule has 2 aliphatic heterocycles. The van der Waals surface area contributed by atoms with Gasteiger partial charge in [-0.3, -0.25) is 9.69 Å². The predicted molar refractivity (Wildman–Crippen MR) is 92.1 cm³/mol. The normalized spacial score (nSPS) is 35.6. The first-order valence-electron chi connectivity index (χ1n) is 9.08. The van der Waals surface area contributed by atoms with Crippen molar-refractivity contribution in [3.63, 3.8) is 0 Å². The number of hydrogen-bond acceptors (Lipinski definition) is 4. The van der Waals surface area contributed by atoms with Crippen molar-refractivity contribution < 1.29 is 9.53 Å². The lowest BCUT2D eigenvalue weighted by atomic mass is 9.71. The smallest absolute Gasteiger partial charge is 0.259 e. The zero-order valence-electron chi connectivity index (χ0n) is 14.9. The summed E-state index contributed by atoms with van der Waals surface area (Å²) >= 11 is 0. The molecule has 0 aromatic carbocycles. The van der Waals surface area contributed by atoms with Crippen LogP contribution in [0.15, 0.2) is 18.3 Å². The molecular weight excluding hydrogens is 302 g/mol. The summed E-state index contributed by atoms with van der Waals surface area (Å²) in [5.74, 6) is 0.515. The summed E-state index contributed by atoms with van der Waals surface area (Å²) in [6.45, 7) is 3.23. The number of ether oxygens (including phenoxy) is 1. The molecule has 3 fully saturated rings. The van der Waals surface area contributed by atoms with Gasteiger partial charge < -0.3 is 9.64 Å². The number of aromatic nitrogens is 1. The fourth-order valence-electron chi connectivity index (χ4n) is 5.56. The lowest BCUT2D eigenvalue weighted by Crippen LogP contribution is -2.55. The van der Waals surface area contributed by atoms with Crippen LogP contribution in [0.3, 0.4) is 0 Å². The molecule has 1 amide bonds. The highest BCUT2D eigenvalue weighted by molar-refractivity contribution is 5.96. The second-order valence-corrected chi connectivity index (χ2v) is 7.86. The minimum absolute atomic E-state index is 0.0804. The van der Waals surface area contributed by atoms with Crippen molar-refractivity contribution in [2.45, 2.75) is 57.2 Å². The summed E-state index contributed by atoms with van der Waals surface area (Å²) in [4.78, 5) is 22.2. The number of pyridine rings is 1. The van der Waals surface area contributed by atoms with Crippen LogP contribution in [0, 0.1) is 5.41 Å². The average Bonchev–Trinajstić information content (AvgIpc) is 2.72. The maximum absolute atomic E-state index is 13.3. The maximum atomic E-state index is 13.3. The Balaban J connectivity index is 1.72. The third-order valence-electron chi connectivity index (χ3n) is 6.71. The lowest BCUT2D eigenvalue weighted by Gasteiger charge is -2.46. The van der Waals surface area contributed by atoms with Gasteiger partial charge in [-0.25, -0.2) is 4.98 Å². The van der Waals surface area contributed by atoms with E-state index in [-0.39, 0.29) is 11.3 Å². The molecule has 5 heteroatoms. The molecule has 1 saturated carbocycles. The van der Waals surface area contributed by atoms with Gasteiger partial charge in [-0.15, -0.1) is 0 Å². The van der Waals surface area contributed by atoms with Gasteiger partial charge in [-0.05, 0) is 38.4 Å². The van der Waals surface area contributed by atoms with Crippen LogP contribution < -0.4 is 4.74 Å². The topological polar surface area (TPSA) is 45.7 Å². The third-order valence-corrected chi connectivity index (χ3v) is 6.71. The lowest BCUT2D eigenvalue weighted by molar-refractivity contribution is 0.0281. The SMILES string of the molecule is COc1ncccc1C(=O)N1C[C@@H]2C[C@@]3(C)[C@H](CCCC[C@@H]13)N2C. The van der Waals surface area contributed by atoms with E-state index in [1.807, 2.05) is 12.1 Å². The van der Waals surface area contributed by atoms with Crippen molar-refractivity contribution in [2.75, 3.05) is 20.7 Å². The minimum atomic E-state index is 0.0804. The highest BCUT2D eigenvalue weighted by Crippen LogP contribution is 2.52. The molecule has 1 aromatic rings. The van der Waals surface area contributed by atoms with Crippen LogP contribution in [0.4, 0.5) is 0 Å². The number of hydrogen-bond donors (Lipinski definition) is 0. The monoisotopic (exact) mass is 329 g/mol. The maximum Gasteiger partial charge on any atom is 0.259 e. The van der Waals surface area contributed by atoms with Crippen LogP contribution in [0.25, 0.3) is 0 Å². The number of carbonyl (C=O) groups is 1. The number of likely N-dealkylation sites (tertiary alicyclic amines) is 2. The fraction of sp³-hybridized carbons (Fsp3) is 0.684. The van der Waals surface area contributed by atoms with Gasteiger partial charge in [0.1, 0.15) is 5.56 Å². The summed E-state index contributed by atoms with van der Waals surface area (Å²) in [6.07, 6.45) is 7.74. The molecule has 3 heterocycles. The molecule has 0 spiro atoms. The van der Waals surface area contributed by atoms with Crippen LogP contribution in [0.1, 0.15) is 49.4 Å². The molecule has 4 rings (SSSR count). The Hall–Kier alpha value is -1.62. The van der Waals surface area contributed by atoms with E-state index < -0.39 is 0 Å². The molecule has 0 unspecified atom stereocenters. The van der Waals surface area contributed by atoms with Crippen molar-refractivity contribution >= 4 is 5.91 Å². The van der Waals surface area contributed by atoms with E-state index in [4.69, 9.17) is 4.74 Å². The van der Waals surface area contributed by atoms with Crippen molar-refractivity contribution in [1.29, 1.82) is 0 Å². The van der Waals surface area contributed by atoms with Crippen molar-refractivity contribution in [3.8, 4) is 5.88 Å². The van der Waals surface area contributed by atoms with E-state index in [0.717, 1.165) is 13.0 Å². The van der Waals surface area contributed by atoms with E-state index in [2.05, 4.69) is 28.8 Å². The largest absolute Gasteiger partial charge is 0.480 e. The quantitative estimate of drug-likeness (QED) is 0.836. The van der Waals surface area contributed by atoms with Crippen LogP contribution in [0.5, 0.6) is 5.88 Å². The molecule has 1 aromatic heterocycles. The van der Waals surface area contributed by atoms with Gasteiger partial charge in [0.15, 0.2) is 0 Å². The van der Waals surface area contributed by atoms with Crippen molar-refractivity contribution in [2.24, 2.45) is 5.41 Å². The number of likely N-dealkylation sites (N-methyl/N-ethyl adjacent to an activating group) is 1. The first kappa shape index (κ1) is 15.9. The number of carbonyl (C=O) groups excluding carboxylic acids is 1. The zero-order chi connectivity index (χ0) is 16.9. The van der Waals surface area contributed by atoms with Gasteiger partial charge >= 0.3 is 0 Å². The number of piperidine rings is 1. The fourth-order valence-corrected chi connectivity index (χ4v) is 5.56. The van der Waals surface area contributed by atoms with E-state index >= 15 is 0 Å². The molecule has 1 aliphatic carbocycles. The number of fused-ring (bicyclic) bond motifs is 1. The Morgan fingerprint density at radius 1 is 1.33 bits per heavy atom. The highest BCUT2D eigenvalue weighted by atomic mass is 16.5. The molecule has 0 N–H and O–H groups in total. The zero-order valence-corrected chi connectivity index (χ0v) is 14.9. The molecular formula is C19H27N3O2. The summed E-state index contributed by atoms with van der Waals surface area (Å²) in [6, 6.07) is 5.05. The predicted octanol–water partition coefficient (Wildman–Crippen LogP) is 2.57. The Bertz CT molecular complexity index is 649. The average molecular weight is 329 g/mol. The van der Waals surface area contributed by atoms with E-state index in [0.29, 0.717) is 29.6 Å². The van der Waals surface area contributed by atoms with Gasteiger partial charge in [0, 0.05) is 36.3 Å². The van der Waals surface area contributed by atoms with Gasteiger partial charge in [0.05, 0.1) is 7.11 Å². The van der Waals surface area contributed by atoms with Gasteiger partial charge in [-0.2, -0.15) is 0 Å². The Kier molecular flexibility index (Phi) is 3.79. The number of rotatable bonds is 2. The molecule has 130 valence electrons. The Labute approximate surface area is 144 Å². The van der Waals surface area contributed by atoms with Gasteiger partial charge in [0.25, 0.3) is 5.91 Å². The van der Waals surface area contributed by atoms with Gasteiger partial charge in [0.2, 0.25) is 5.88 Å². The molecule has 2 bridgehead atoms. The third kappa shape index (κ3) is 2.17. The van der Waals surface area contributed by atoms with Crippen LogP contribution >= 0.6 is 0 Å². The summed E-state index contributed by atoms with van der Waals surface area (Å²) < 4.78 is 5.33. The number of methoxy groups -OCH3 is 1. The highest BCUT2D eigenvalue weighted by Gasteiger charge is 2.58. The first-order valence-corrected chi connectivity index (χ1v) is 9.08. The summed E-state index contributed by atoms with van der Waals surface area (Å²) in [7, 11) is 3.83. The first-order chi connectivity index (χ1) is 11.6. The molecule has 24 heavy (non-hydrogen) atoms. The Morgan fingerprint density at radius 2 is 2.08 bits per heavy atom. The summed E-state index contributed by atoms with van der Waals surface area (Å²) in [5.41, 5.74) is 0.799. The van der Waals surface area contributed by atoms with E-state index in [1.165, 1.54) is 25.7 Å².